The fourth-order valence-corrected chi connectivity index (χ4v) is 1.86. The van der Waals surface area contributed by atoms with Crippen LogP contribution in [0.25, 0.3) is 0 Å². The summed E-state index contributed by atoms with van der Waals surface area (Å²) in [6.07, 6.45) is 3.23. The van der Waals surface area contributed by atoms with Gasteiger partial charge in [0.1, 0.15) is 0 Å². The maximum atomic E-state index is 10.4. The molecule has 0 heterocycles. The highest BCUT2D eigenvalue weighted by Gasteiger charge is 2.00. The first-order valence-corrected chi connectivity index (χ1v) is 6.13. The second-order valence-electron chi connectivity index (χ2n) is 3.38. The normalized spacial score (nSPS) is 11.2. The van der Waals surface area contributed by atoms with Crippen molar-refractivity contribution in [2.75, 3.05) is 18.1 Å². The van der Waals surface area contributed by atoms with Gasteiger partial charge in [0.05, 0.1) is 0 Å². The Morgan fingerprint density at radius 2 is 2.19 bits per heavy atom. The number of carboxylic acid groups (broad SMARTS) is 1. The number of hydrogen-bond donors (Lipinski definition) is 2. The number of para-hydroxylation sites is 1. The van der Waals surface area contributed by atoms with Crippen molar-refractivity contribution in [1.82, 2.24) is 0 Å². The van der Waals surface area contributed by atoms with E-state index in [9.17, 15) is 4.79 Å². The van der Waals surface area contributed by atoms with Gasteiger partial charge in [0.15, 0.2) is 0 Å². The maximum Gasteiger partial charge on any atom is 0.328 e. The standard InChI is InChI=1S/C12H15NO2S/c1-9(7-12(14)15)8-13-10-5-3-4-6-11(10)16-2/h3-7,13H,8H2,1-2H3,(H,14,15)/b9-7+. The molecule has 0 spiro atoms. The van der Waals surface area contributed by atoms with Crippen molar-refractivity contribution in [1.29, 1.82) is 0 Å². The maximum absolute atomic E-state index is 10.4. The molecule has 2 N–H and O–H groups in total. The molecule has 1 aromatic rings. The molecule has 0 radical (unpaired) electrons. The number of thioether (sulfide) groups is 1. The van der Waals surface area contributed by atoms with Gasteiger partial charge in [-0.25, -0.2) is 4.79 Å². The molecule has 0 atom stereocenters. The van der Waals surface area contributed by atoms with Gasteiger partial charge >= 0.3 is 5.97 Å². The van der Waals surface area contributed by atoms with Crippen molar-refractivity contribution in [2.45, 2.75) is 11.8 Å². The molecule has 0 saturated heterocycles. The smallest absolute Gasteiger partial charge is 0.328 e. The molecule has 0 bridgehead atoms. The molecule has 0 fully saturated rings. The Labute approximate surface area is 99.6 Å². The summed E-state index contributed by atoms with van der Waals surface area (Å²) in [5.74, 6) is -0.905. The van der Waals surface area contributed by atoms with Crippen LogP contribution in [0.5, 0.6) is 0 Å². The lowest BCUT2D eigenvalue weighted by Crippen LogP contribution is -2.05. The average Bonchev–Trinajstić information content (AvgIpc) is 2.26. The Bertz CT molecular complexity index is 402. The third-order valence-electron chi connectivity index (χ3n) is 2.03. The van der Waals surface area contributed by atoms with E-state index < -0.39 is 5.97 Å². The SMILES string of the molecule is CSc1ccccc1NC/C(C)=C/C(=O)O. The van der Waals surface area contributed by atoms with Crippen LogP contribution >= 0.6 is 11.8 Å². The minimum absolute atomic E-state index is 0.546. The van der Waals surface area contributed by atoms with Crippen LogP contribution in [-0.2, 0) is 4.79 Å². The van der Waals surface area contributed by atoms with E-state index in [2.05, 4.69) is 5.32 Å². The van der Waals surface area contributed by atoms with Gasteiger partial charge in [-0.15, -0.1) is 11.8 Å². The summed E-state index contributed by atoms with van der Waals surface area (Å²) >= 11 is 1.66. The molecule has 3 nitrogen and oxygen atoms in total. The van der Waals surface area contributed by atoms with E-state index in [-0.39, 0.29) is 0 Å². The van der Waals surface area contributed by atoms with Crippen molar-refractivity contribution < 1.29 is 9.90 Å². The molecule has 0 saturated carbocycles. The third kappa shape index (κ3) is 3.98. The topological polar surface area (TPSA) is 49.3 Å². The number of aliphatic carboxylic acids is 1. The minimum atomic E-state index is -0.905. The first-order chi connectivity index (χ1) is 7.63. The number of benzene rings is 1. The summed E-state index contributed by atoms with van der Waals surface area (Å²) < 4.78 is 0. The molecular weight excluding hydrogens is 222 g/mol. The van der Waals surface area contributed by atoms with Crippen LogP contribution in [0.1, 0.15) is 6.92 Å². The van der Waals surface area contributed by atoms with Gasteiger partial charge in [0.2, 0.25) is 0 Å². The average molecular weight is 237 g/mol. The number of carboxylic acids is 1. The molecule has 0 aliphatic heterocycles. The molecule has 0 unspecified atom stereocenters. The van der Waals surface area contributed by atoms with E-state index >= 15 is 0 Å². The van der Waals surface area contributed by atoms with Gasteiger partial charge in [-0.3, -0.25) is 0 Å². The Hall–Kier alpha value is -1.42. The first kappa shape index (κ1) is 12.6. The van der Waals surface area contributed by atoms with Gasteiger partial charge < -0.3 is 10.4 Å². The Kier molecular flexibility index (Phi) is 4.92. The minimum Gasteiger partial charge on any atom is -0.478 e. The van der Waals surface area contributed by atoms with Crippen LogP contribution in [0.15, 0.2) is 40.8 Å². The monoisotopic (exact) mass is 237 g/mol. The molecule has 4 heteroatoms. The van der Waals surface area contributed by atoms with Crippen molar-refractivity contribution >= 4 is 23.4 Å². The first-order valence-electron chi connectivity index (χ1n) is 4.90. The highest BCUT2D eigenvalue weighted by atomic mass is 32.2. The van der Waals surface area contributed by atoms with E-state index in [1.54, 1.807) is 18.7 Å². The van der Waals surface area contributed by atoms with Crippen molar-refractivity contribution in [2.24, 2.45) is 0 Å². The molecule has 0 aliphatic rings. The molecular formula is C12H15NO2S. The Morgan fingerprint density at radius 3 is 2.81 bits per heavy atom. The lowest BCUT2D eigenvalue weighted by Gasteiger charge is -2.10. The fourth-order valence-electron chi connectivity index (χ4n) is 1.29. The van der Waals surface area contributed by atoms with Crippen molar-refractivity contribution in [3.05, 3.63) is 35.9 Å². The zero-order valence-electron chi connectivity index (χ0n) is 9.36. The number of rotatable bonds is 5. The summed E-state index contributed by atoms with van der Waals surface area (Å²) in [6.45, 7) is 2.34. The van der Waals surface area contributed by atoms with Crippen molar-refractivity contribution in [3.63, 3.8) is 0 Å². The molecule has 16 heavy (non-hydrogen) atoms. The van der Waals surface area contributed by atoms with Crippen LogP contribution in [0.4, 0.5) is 5.69 Å². The number of anilines is 1. The van der Waals surface area contributed by atoms with Gasteiger partial charge in [-0.1, -0.05) is 12.1 Å². The van der Waals surface area contributed by atoms with E-state index in [1.807, 2.05) is 30.5 Å². The Morgan fingerprint density at radius 1 is 1.50 bits per heavy atom. The van der Waals surface area contributed by atoms with E-state index in [4.69, 9.17) is 5.11 Å². The summed E-state index contributed by atoms with van der Waals surface area (Å²) in [5, 5.41) is 11.8. The van der Waals surface area contributed by atoms with Crippen molar-refractivity contribution in [3.8, 4) is 0 Å². The van der Waals surface area contributed by atoms with Crippen LogP contribution < -0.4 is 5.32 Å². The van der Waals surface area contributed by atoms with Crippen LogP contribution in [0, 0.1) is 0 Å². The molecule has 0 aromatic heterocycles. The predicted octanol–water partition coefficient (Wildman–Crippen LogP) is 2.85. The largest absolute Gasteiger partial charge is 0.478 e. The summed E-state index contributed by atoms with van der Waals surface area (Å²) in [4.78, 5) is 11.6. The number of carbonyl (C=O) groups is 1. The molecule has 0 amide bonds. The predicted molar refractivity (Wildman–Crippen MR) is 68.1 cm³/mol. The van der Waals surface area contributed by atoms with Gasteiger partial charge in [0.25, 0.3) is 0 Å². The highest BCUT2D eigenvalue weighted by Crippen LogP contribution is 2.24. The second kappa shape index (κ2) is 6.23. The molecule has 1 aromatic carbocycles. The van der Waals surface area contributed by atoms with Gasteiger partial charge in [0, 0.05) is 23.2 Å². The quantitative estimate of drug-likeness (QED) is 0.610. The van der Waals surface area contributed by atoms with Crippen LogP contribution in [-0.4, -0.2) is 23.9 Å². The van der Waals surface area contributed by atoms with E-state index in [0.29, 0.717) is 6.54 Å². The van der Waals surface area contributed by atoms with E-state index in [0.717, 1.165) is 16.2 Å². The highest BCUT2D eigenvalue weighted by molar-refractivity contribution is 7.98. The van der Waals surface area contributed by atoms with Crippen LogP contribution in [0.3, 0.4) is 0 Å². The molecule has 86 valence electrons. The Balaban J connectivity index is 2.64. The fraction of sp³-hybridized carbons (Fsp3) is 0.250. The summed E-state index contributed by atoms with van der Waals surface area (Å²) in [7, 11) is 0. The molecule has 1 rings (SSSR count). The zero-order valence-corrected chi connectivity index (χ0v) is 10.2. The number of nitrogens with one attached hydrogen (secondary N) is 1. The van der Waals surface area contributed by atoms with E-state index in [1.165, 1.54) is 6.08 Å². The third-order valence-corrected chi connectivity index (χ3v) is 2.83. The van der Waals surface area contributed by atoms with Gasteiger partial charge in [-0.05, 0) is 30.9 Å². The lowest BCUT2D eigenvalue weighted by molar-refractivity contribution is -0.131. The summed E-state index contributed by atoms with van der Waals surface area (Å²) in [6, 6.07) is 7.96. The lowest BCUT2D eigenvalue weighted by atomic mass is 10.2. The van der Waals surface area contributed by atoms with Gasteiger partial charge in [-0.2, -0.15) is 0 Å². The zero-order chi connectivity index (χ0) is 12.0. The van der Waals surface area contributed by atoms with Crippen LogP contribution in [0.2, 0.25) is 0 Å². The molecule has 0 aliphatic carbocycles. The second-order valence-corrected chi connectivity index (χ2v) is 4.23. The summed E-state index contributed by atoms with van der Waals surface area (Å²) in [5.41, 5.74) is 1.83. The number of hydrogen-bond acceptors (Lipinski definition) is 3.